The first-order valence-corrected chi connectivity index (χ1v) is 4.64. The van der Waals surface area contributed by atoms with Crippen LogP contribution in [-0.4, -0.2) is 22.9 Å². The van der Waals surface area contributed by atoms with Gasteiger partial charge in [0, 0.05) is 6.20 Å². The van der Waals surface area contributed by atoms with Gasteiger partial charge in [-0.3, -0.25) is 4.68 Å². The molecular weight excluding hydrogens is 209 g/mol. The number of hydrogen-bond acceptors (Lipinski definition) is 2. The lowest BCUT2D eigenvalue weighted by Crippen LogP contribution is -2.29. The van der Waals surface area contributed by atoms with Crippen molar-refractivity contribution in [2.24, 2.45) is 0 Å². The Morgan fingerprint density at radius 3 is 2.69 bits per heavy atom. The molecule has 0 radical (unpaired) electrons. The lowest BCUT2D eigenvalue weighted by Gasteiger charge is -2.22. The molecule has 1 aromatic rings. The topological polar surface area (TPSA) is 29.9 Å². The SMILES string of the molecule is Cl.Clc1cnn(C2CCNCC2)c1. The van der Waals surface area contributed by atoms with Crippen molar-refractivity contribution < 1.29 is 0 Å². The molecule has 1 saturated heterocycles. The largest absolute Gasteiger partial charge is 0.317 e. The summed E-state index contributed by atoms with van der Waals surface area (Å²) in [6.07, 6.45) is 5.90. The minimum absolute atomic E-state index is 0. The Morgan fingerprint density at radius 2 is 2.15 bits per heavy atom. The molecule has 3 nitrogen and oxygen atoms in total. The molecule has 0 saturated carbocycles. The molecule has 0 amide bonds. The molecule has 0 bridgehead atoms. The fourth-order valence-corrected chi connectivity index (χ4v) is 1.73. The number of halogens is 2. The van der Waals surface area contributed by atoms with Gasteiger partial charge in [0.05, 0.1) is 17.3 Å². The number of aromatic nitrogens is 2. The van der Waals surface area contributed by atoms with Crippen LogP contribution in [0.5, 0.6) is 0 Å². The van der Waals surface area contributed by atoms with E-state index in [2.05, 4.69) is 10.4 Å². The summed E-state index contributed by atoms with van der Waals surface area (Å²) in [5.74, 6) is 0. The Balaban J connectivity index is 0.000000845. The molecular formula is C8H13Cl2N3. The molecule has 2 heterocycles. The molecule has 1 fully saturated rings. The van der Waals surface area contributed by atoms with Gasteiger partial charge in [0.15, 0.2) is 0 Å². The molecule has 5 heteroatoms. The van der Waals surface area contributed by atoms with E-state index in [9.17, 15) is 0 Å². The minimum atomic E-state index is 0. The van der Waals surface area contributed by atoms with Crippen molar-refractivity contribution in [1.82, 2.24) is 15.1 Å². The average Bonchev–Trinajstić information content (AvgIpc) is 2.54. The zero-order valence-corrected chi connectivity index (χ0v) is 8.81. The zero-order valence-electron chi connectivity index (χ0n) is 7.24. The summed E-state index contributed by atoms with van der Waals surface area (Å²) in [5, 5.41) is 8.24. The molecule has 0 atom stereocenters. The van der Waals surface area contributed by atoms with Crippen molar-refractivity contribution in [2.45, 2.75) is 18.9 Å². The second-order valence-electron chi connectivity index (χ2n) is 3.12. The molecule has 1 aliphatic rings. The highest BCUT2D eigenvalue weighted by Crippen LogP contribution is 2.19. The Bertz CT molecular complexity index is 256. The van der Waals surface area contributed by atoms with Crippen LogP contribution in [0.15, 0.2) is 12.4 Å². The number of rotatable bonds is 1. The molecule has 0 aromatic carbocycles. The molecule has 13 heavy (non-hydrogen) atoms. The molecule has 0 unspecified atom stereocenters. The van der Waals surface area contributed by atoms with Crippen molar-refractivity contribution in [1.29, 1.82) is 0 Å². The van der Waals surface area contributed by atoms with E-state index < -0.39 is 0 Å². The van der Waals surface area contributed by atoms with Crippen LogP contribution < -0.4 is 5.32 Å². The summed E-state index contributed by atoms with van der Waals surface area (Å²) in [4.78, 5) is 0. The van der Waals surface area contributed by atoms with Crippen LogP contribution in [-0.2, 0) is 0 Å². The van der Waals surface area contributed by atoms with Crippen molar-refractivity contribution >= 4 is 24.0 Å². The van der Waals surface area contributed by atoms with Gasteiger partial charge in [-0.2, -0.15) is 5.10 Å². The zero-order chi connectivity index (χ0) is 8.39. The Hall–Kier alpha value is -0.250. The van der Waals surface area contributed by atoms with E-state index in [1.165, 1.54) is 0 Å². The normalized spacial score (nSPS) is 18.2. The van der Waals surface area contributed by atoms with E-state index in [1.54, 1.807) is 6.20 Å². The summed E-state index contributed by atoms with van der Waals surface area (Å²) >= 11 is 5.78. The van der Waals surface area contributed by atoms with Gasteiger partial charge < -0.3 is 5.32 Å². The third-order valence-electron chi connectivity index (χ3n) is 2.25. The lowest BCUT2D eigenvalue weighted by atomic mass is 10.1. The summed E-state index contributed by atoms with van der Waals surface area (Å²) in [6, 6.07) is 0.541. The smallest absolute Gasteiger partial charge is 0.0785 e. The van der Waals surface area contributed by atoms with Crippen LogP contribution in [0.2, 0.25) is 5.02 Å². The van der Waals surface area contributed by atoms with Gasteiger partial charge in [-0.25, -0.2) is 0 Å². The summed E-state index contributed by atoms with van der Waals surface area (Å²) in [6.45, 7) is 2.17. The van der Waals surface area contributed by atoms with Gasteiger partial charge in [0.1, 0.15) is 0 Å². The summed E-state index contributed by atoms with van der Waals surface area (Å²) < 4.78 is 1.98. The van der Waals surface area contributed by atoms with Gasteiger partial charge in [-0.1, -0.05) is 11.6 Å². The predicted octanol–water partition coefficient (Wildman–Crippen LogP) is 1.88. The number of nitrogens with one attached hydrogen (secondary N) is 1. The van der Waals surface area contributed by atoms with Crippen molar-refractivity contribution in [3.05, 3.63) is 17.4 Å². The standard InChI is InChI=1S/C8H12ClN3.ClH/c9-7-5-11-12(6-7)8-1-3-10-4-2-8;/h5-6,8,10H,1-4H2;1H. The molecule has 1 aliphatic heterocycles. The maximum Gasteiger partial charge on any atom is 0.0785 e. The van der Waals surface area contributed by atoms with Crippen LogP contribution >= 0.6 is 24.0 Å². The number of piperidine rings is 1. The second-order valence-corrected chi connectivity index (χ2v) is 3.56. The molecule has 74 valence electrons. The third kappa shape index (κ3) is 2.59. The van der Waals surface area contributed by atoms with E-state index in [-0.39, 0.29) is 12.4 Å². The maximum atomic E-state index is 5.78. The van der Waals surface area contributed by atoms with Gasteiger partial charge >= 0.3 is 0 Å². The van der Waals surface area contributed by atoms with Crippen LogP contribution in [0.4, 0.5) is 0 Å². The fraction of sp³-hybridized carbons (Fsp3) is 0.625. The van der Waals surface area contributed by atoms with Crippen LogP contribution in [0.1, 0.15) is 18.9 Å². The fourth-order valence-electron chi connectivity index (χ4n) is 1.59. The predicted molar refractivity (Wildman–Crippen MR) is 55.6 cm³/mol. The van der Waals surface area contributed by atoms with Crippen LogP contribution in [0.25, 0.3) is 0 Å². The van der Waals surface area contributed by atoms with E-state index in [0.717, 1.165) is 31.0 Å². The Morgan fingerprint density at radius 1 is 1.46 bits per heavy atom. The van der Waals surface area contributed by atoms with Gasteiger partial charge in [-0.05, 0) is 25.9 Å². The highest BCUT2D eigenvalue weighted by Gasteiger charge is 2.14. The Labute approximate surface area is 88.9 Å². The average molecular weight is 222 g/mol. The van der Waals surface area contributed by atoms with Crippen molar-refractivity contribution in [2.75, 3.05) is 13.1 Å². The third-order valence-corrected chi connectivity index (χ3v) is 2.45. The van der Waals surface area contributed by atoms with Gasteiger partial charge in [-0.15, -0.1) is 12.4 Å². The quantitative estimate of drug-likeness (QED) is 0.786. The van der Waals surface area contributed by atoms with E-state index >= 15 is 0 Å². The number of hydrogen-bond donors (Lipinski definition) is 1. The first-order chi connectivity index (χ1) is 5.86. The highest BCUT2D eigenvalue weighted by atomic mass is 35.5. The Kier molecular flexibility index (Phi) is 4.03. The minimum Gasteiger partial charge on any atom is -0.317 e. The van der Waals surface area contributed by atoms with Crippen LogP contribution in [0, 0.1) is 0 Å². The van der Waals surface area contributed by atoms with Gasteiger partial charge in [0.2, 0.25) is 0 Å². The first kappa shape index (κ1) is 10.8. The second kappa shape index (κ2) is 4.84. The van der Waals surface area contributed by atoms with E-state index in [4.69, 9.17) is 11.6 Å². The first-order valence-electron chi connectivity index (χ1n) is 4.26. The van der Waals surface area contributed by atoms with E-state index in [1.807, 2.05) is 10.9 Å². The molecule has 1 aromatic heterocycles. The molecule has 2 rings (SSSR count). The van der Waals surface area contributed by atoms with Gasteiger partial charge in [0.25, 0.3) is 0 Å². The summed E-state index contributed by atoms with van der Waals surface area (Å²) in [7, 11) is 0. The maximum absolute atomic E-state index is 5.78. The van der Waals surface area contributed by atoms with Crippen LogP contribution in [0.3, 0.4) is 0 Å². The molecule has 0 aliphatic carbocycles. The lowest BCUT2D eigenvalue weighted by molar-refractivity contribution is 0.343. The summed E-state index contributed by atoms with van der Waals surface area (Å²) in [5.41, 5.74) is 0. The number of nitrogens with zero attached hydrogens (tertiary/aromatic N) is 2. The molecule has 1 N–H and O–H groups in total. The molecule has 0 spiro atoms. The van der Waals surface area contributed by atoms with Crippen molar-refractivity contribution in [3.63, 3.8) is 0 Å². The highest BCUT2D eigenvalue weighted by molar-refractivity contribution is 6.30. The van der Waals surface area contributed by atoms with E-state index in [0.29, 0.717) is 6.04 Å². The monoisotopic (exact) mass is 221 g/mol. The van der Waals surface area contributed by atoms with Crippen molar-refractivity contribution in [3.8, 4) is 0 Å².